The molecule has 0 aromatic rings. The van der Waals surface area contributed by atoms with Crippen LogP contribution in [0, 0.1) is 5.41 Å². The fraction of sp³-hybridized carbons (Fsp3) is 1.00. The smallest absolute Gasteiger partial charge is 0.00480 e. The van der Waals surface area contributed by atoms with E-state index in [0.29, 0.717) is 5.41 Å². The highest BCUT2D eigenvalue weighted by atomic mass is 15.2. The highest BCUT2D eigenvalue weighted by molar-refractivity contribution is 4.87. The standard InChI is InChI=1S/C10H22N2/c1-4-6-12-7-5-10(2,9-12)8-11-3/h11H,4-9H2,1-3H3. The Morgan fingerprint density at radius 1 is 1.50 bits per heavy atom. The largest absolute Gasteiger partial charge is 0.319 e. The van der Waals surface area contributed by atoms with Gasteiger partial charge < -0.3 is 10.2 Å². The van der Waals surface area contributed by atoms with Crippen molar-refractivity contribution in [3.8, 4) is 0 Å². The van der Waals surface area contributed by atoms with Crippen LogP contribution in [0.5, 0.6) is 0 Å². The molecule has 0 saturated carbocycles. The van der Waals surface area contributed by atoms with Gasteiger partial charge in [-0.1, -0.05) is 13.8 Å². The third kappa shape index (κ3) is 2.46. The molecule has 0 amide bonds. The molecule has 1 aliphatic heterocycles. The summed E-state index contributed by atoms with van der Waals surface area (Å²) in [5.41, 5.74) is 0.532. The molecule has 1 fully saturated rings. The molecular formula is C10H22N2. The summed E-state index contributed by atoms with van der Waals surface area (Å²) in [5, 5.41) is 3.29. The number of nitrogens with zero attached hydrogens (tertiary/aromatic N) is 1. The molecule has 0 spiro atoms. The lowest BCUT2D eigenvalue weighted by Gasteiger charge is -2.24. The molecular weight excluding hydrogens is 148 g/mol. The Morgan fingerprint density at radius 3 is 2.83 bits per heavy atom. The maximum atomic E-state index is 3.29. The summed E-state index contributed by atoms with van der Waals surface area (Å²) in [7, 11) is 2.05. The minimum absolute atomic E-state index is 0.532. The first-order chi connectivity index (χ1) is 5.70. The average molecular weight is 170 g/mol. The van der Waals surface area contributed by atoms with Crippen LogP contribution < -0.4 is 5.32 Å². The number of rotatable bonds is 4. The van der Waals surface area contributed by atoms with Crippen molar-refractivity contribution in [2.45, 2.75) is 26.7 Å². The van der Waals surface area contributed by atoms with E-state index in [2.05, 4.69) is 24.1 Å². The third-order valence-electron chi connectivity index (χ3n) is 2.78. The Balaban J connectivity index is 2.32. The van der Waals surface area contributed by atoms with Gasteiger partial charge in [0, 0.05) is 13.1 Å². The number of hydrogen-bond acceptors (Lipinski definition) is 2. The summed E-state index contributed by atoms with van der Waals surface area (Å²) in [6, 6.07) is 0. The molecule has 12 heavy (non-hydrogen) atoms. The van der Waals surface area contributed by atoms with Crippen molar-refractivity contribution in [1.29, 1.82) is 0 Å². The Hall–Kier alpha value is -0.0800. The van der Waals surface area contributed by atoms with Gasteiger partial charge in [0.25, 0.3) is 0 Å². The molecule has 1 unspecified atom stereocenters. The summed E-state index contributed by atoms with van der Waals surface area (Å²) in [5.74, 6) is 0. The van der Waals surface area contributed by atoms with Gasteiger partial charge >= 0.3 is 0 Å². The lowest BCUT2D eigenvalue weighted by atomic mass is 9.90. The summed E-state index contributed by atoms with van der Waals surface area (Å²) in [6.45, 7) is 9.66. The van der Waals surface area contributed by atoms with E-state index in [4.69, 9.17) is 0 Å². The molecule has 0 bridgehead atoms. The van der Waals surface area contributed by atoms with Crippen LogP contribution in [0.15, 0.2) is 0 Å². The van der Waals surface area contributed by atoms with Crippen LogP contribution in [0.1, 0.15) is 26.7 Å². The van der Waals surface area contributed by atoms with Gasteiger partial charge in [-0.15, -0.1) is 0 Å². The molecule has 1 atom stereocenters. The number of hydrogen-bond donors (Lipinski definition) is 1. The minimum Gasteiger partial charge on any atom is -0.319 e. The monoisotopic (exact) mass is 170 g/mol. The SMILES string of the molecule is CCCN1CCC(C)(CNC)C1. The molecule has 72 valence electrons. The fourth-order valence-electron chi connectivity index (χ4n) is 2.20. The van der Waals surface area contributed by atoms with Crippen LogP contribution in [0.2, 0.25) is 0 Å². The van der Waals surface area contributed by atoms with Crippen molar-refractivity contribution in [1.82, 2.24) is 10.2 Å². The van der Waals surface area contributed by atoms with E-state index in [1.807, 2.05) is 7.05 Å². The van der Waals surface area contributed by atoms with Gasteiger partial charge in [0.1, 0.15) is 0 Å². The van der Waals surface area contributed by atoms with E-state index in [0.717, 1.165) is 6.54 Å². The van der Waals surface area contributed by atoms with Crippen LogP contribution in [0.4, 0.5) is 0 Å². The Bertz CT molecular complexity index is 136. The molecule has 2 nitrogen and oxygen atoms in total. The molecule has 0 radical (unpaired) electrons. The zero-order valence-electron chi connectivity index (χ0n) is 8.69. The van der Waals surface area contributed by atoms with E-state index < -0.39 is 0 Å². The van der Waals surface area contributed by atoms with Crippen molar-refractivity contribution in [2.75, 3.05) is 33.2 Å². The fourth-order valence-corrected chi connectivity index (χ4v) is 2.20. The van der Waals surface area contributed by atoms with Crippen LogP contribution in [0.25, 0.3) is 0 Å². The first kappa shape index (κ1) is 10.0. The molecule has 1 N–H and O–H groups in total. The summed E-state index contributed by atoms with van der Waals surface area (Å²) in [4.78, 5) is 2.58. The summed E-state index contributed by atoms with van der Waals surface area (Å²) in [6.07, 6.45) is 2.64. The first-order valence-electron chi connectivity index (χ1n) is 5.07. The Labute approximate surface area is 76.3 Å². The second-order valence-electron chi connectivity index (χ2n) is 4.37. The maximum absolute atomic E-state index is 3.29. The lowest BCUT2D eigenvalue weighted by Crippen LogP contribution is -2.33. The summed E-state index contributed by atoms with van der Waals surface area (Å²) >= 11 is 0. The molecule has 1 aliphatic rings. The van der Waals surface area contributed by atoms with Crippen molar-refractivity contribution >= 4 is 0 Å². The zero-order valence-corrected chi connectivity index (χ0v) is 8.69. The second-order valence-corrected chi connectivity index (χ2v) is 4.37. The molecule has 2 heteroatoms. The molecule has 1 heterocycles. The van der Waals surface area contributed by atoms with Gasteiger partial charge in [-0.25, -0.2) is 0 Å². The molecule has 0 aliphatic carbocycles. The van der Waals surface area contributed by atoms with Crippen LogP contribution >= 0.6 is 0 Å². The third-order valence-corrected chi connectivity index (χ3v) is 2.78. The molecule has 1 rings (SSSR count). The van der Waals surface area contributed by atoms with Crippen LogP contribution in [-0.4, -0.2) is 38.1 Å². The number of likely N-dealkylation sites (tertiary alicyclic amines) is 1. The van der Waals surface area contributed by atoms with Gasteiger partial charge in [0.05, 0.1) is 0 Å². The second kappa shape index (κ2) is 4.24. The van der Waals surface area contributed by atoms with E-state index in [1.54, 1.807) is 0 Å². The Kier molecular flexibility index (Phi) is 3.53. The van der Waals surface area contributed by atoms with Crippen molar-refractivity contribution in [3.05, 3.63) is 0 Å². The van der Waals surface area contributed by atoms with Gasteiger partial charge in [-0.05, 0) is 38.4 Å². The Morgan fingerprint density at radius 2 is 2.25 bits per heavy atom. The first-order valence-corrected chi connectivity index (χ1v) is 5.07. The van der Waals surface area contributed by atoms with E-state index >= 15 is 0 Å². The molecule has 1 saturated heterocycles. The van der Waals surface area contributed by atoms with Gasteiger partial charge in [0.15, 0.2) is 0 Å². The zero-order chi connectivity index (χ0) is 9.03. The maximum Gasteiger partial charge on any atom is 0.00480 e. The quantitative estimate of drug-likeness (QED) is 0.684. The van der Waals surface area contributed by atoms with E-state index in [9.17, 15) is 0 Å². The number of nitrogens with one attached hydrogen (secondary N) is 1. The predicted octanol–water partition coefficient (Wildman–Crippen LogP) is 1.33. The normalized spacial score (nSPS) is 31.2. The predicted molar refractivity (Wildman–Crippen MR) is 53.4 cm³/mol. The van der Waals surface area contributed by atoms with Crippen molar-refractivity contribution in [2.24, 2.45) is 5.41 Å². The van der Waals surface area contributed by atoms with E-state index in [1.165, 1.54) is 32.5 Å². The summed E-state index contributed by atoms with van der Waals surface area (Å²) < 4.78 is 0. The average Bonchev–Trinajstić information content (AvgIpc) is 2.34. The van der Waals surface area contributed by atoms with Crippen LogP contribution in [-0.2, 0) is 0 Å². The van der Waals surface area contributed by atoms with Crippen molar-refractivity contribution in [3.63, 3.8) is 0 Å². The van der Waals surface area contributed by atoms with Gasteiger partial charge in [-0.2, -0.15) is 0 Å². The van der Waals surface area contributed by atoms with Gasteiger partial charge in [0.2, 0.25) is 0 Å². The van der Waals surface area contributed by atoms with Gasteiger partial charge in [-0.3, -0.25) is 0 Å². The van der Waals surface area contributed by atoms with Crippen LogP contribution in [0.3, 0.4) is 0 Å². The lowest BCUT2D eigenvalue weighted by molar-refractivity contribution is 0.271. The molecule has 0 aromatic carbocycles. The highest BCUT2D eigenvalue weighted by Gasteiger charge is 2.32. The topological polar surface area (TPSA) is 15.3 Å². The highest BCUT2D eigenvalue weighted by Crippen LogP contribution is 2.28. The minimum atomic E-state index is 0.532. The van der Waals surface area contributed by atoms with E-state index in [-0.39, 0.29) is 0 Å². The van der Waals surface area contributed by atoms with Crippen molar-refractivity contribution < 1.29 is 0 Å². The molecule has 0 aromatic heterocycles.